The van der Waals surface area contributed by atoms with Gasteiger partial charge in [0.1, 0.15) is 5.60 Å². The maximum atomic E-state index is 11.9. The molecule has 0 bridgehead atoms. The van der Waals surface area contributed by atoms with Crippen LogP contribution in [0.15, 0.2) is 0 Å². The molecule has 0 radical (unpaired) electrons. The van der Waals surface area contributed by atoms with Crippen molar-refractivity contribution in [2.45, 2.75) is 39.2 Å². The molecule has 1 rings (SSSR count). The van der Waals surface area contributed by atoms with Crippen molar-refractivity contribution in [2.75, 3.05) is 26.2 Å². The lowest BCUT2D eigenvalue weighted by atomic mass is 10.2. The van der Waals surface area contributed by atoms with Gasteiger partial charge >= 0.3 is 6.09 Å². The van der Waals surface area contributed by atoms with Gasteiger partial charge in [0.2, 0.25) is 11.8 Å². The first kappa shape index (κ1) is 17.2. The number of piperazine rings is 1. The first-order valence-corrected chi connectivity index (χ1v) is 6.91. The maximum Gasteiger partial charge on any atom is 0.410 e. The molecule has 1 aliphatic heterocycles. The average molecular weight is 301 g/mol. The molecule has 0 atom stereocenters. The summed E-state index contributed by atoms with van der Waals surface area (Å²) >= 11 is 0. The number of nitrogens with zero attached hydrogens (tertiary/aromatic N) is 2. The highest BCUT2D eigenvalue weighted by atomic mass is 16.6. The number of amides is 3. The third-order valence-corrected chi connectivity index (χ3v) is 2.97. The Labute approximate surface area is 124 Å². The van der Waals surface area contributed by atoms with Crippen molar-refractivity contribution in [2.24, 2.45) is 0 Å². The van der Waals surface area contributed by atoms with E-state index in [1.54, 1.807) is 30.6 Å². The van der Waals surface area contributed by atoms with Crippen molar-refractivity contribution >= 4 is 17.9 Å². The minimum absolute atomic E-state index is 0.0405. The highest BCUT2D eigenvalue weighted by Crippen LogP contribution is 2.12. The second kappa shape index (κ2) is 7.26. The second-order valence-electron chi connectivity index (χ2n) is 5.88. The molecular formula is C13H23N3O5. The number of rotatable bonds is 3. The Kier molecular flexibility index (Phi) is 5.95. The van der Waals surface area contributed by atoms with Gasteiger partial charge in [0.05, 0.1) is 0 Å². The summed E-state index contributed by atoms with van der Waals surface area (Å²) in [6, 6.07) is 0. The Hall–Kier alpha value is -1.83. The van der Waals surface area contributed by atoms with Gasteiger partial charge in [-0.05, 0) is 20.8 Å². The van der Waals surface area contributed by atoms with Crippen LogP contribution in [0.5, 0.6) is 0 Å². The van der Waals surface area contributed by atoms with E-state index in [-0.39, 0.29) is 24.8 Å². The molecule has 1 heterocycles. The molecule has 120 valence electrons. The molecule has 0 aliphatic carbocycles. The zero-order valence-electron chi connectivity index (χ0n) is 12.7. The second-order valence-corrected chi connectivity index (χ2v) is 5.88. The molecule has 8 nitrogen and oxygen atoms in total. The monoisotopic (exact) mass is 301 g/mol. The topological polar surface area (TPSA) is 99.2 Å². The predicted octanol–water partition coefficient (Wildman–Crippen LogP) is 0.351. The van der Waals surface area contributed by atoms with Crippen LogP contribution in [0.4, 0.5) is 4.79 Å². The zero-order valence-corrected chi connectivity index (χ0v) is 12.7. The molecule has 8 heteroatoms. The summed E-state index contributed by atoms with van der Waals surface area (Å²) in [5.41, 5.74) is 0.948. The van der Waals surface area contributed by atoms with Gasteiger partial charge in [-0.1, -0.05) is 0 Å². The van der Waals surface area contributed by atoms with E-state index in [9.17, 15) is 14.4 Å². The third-order valence-electron chi connectivity index (χ3n) is 2.97. The number of hydrogen-bond donors (Lipinski definition) is 2. The molecule has 1 saturated heterocycles. The summed E-state index contributed by atoms with van der Waals surface area (Å²) in [7, 11) is 0. The van der Waals surface area contributed by atoms with Crippen LogP contribution in [0.1, 0.15) is 33.6 Å². The molecule has 0 aromatic carbocycles. The molecule has 21 heavy (non-hydrogen) atoms. The van der Waals surface area contributed by atoms with Crippen LogP contribution < -0.4 is 5.48 Å². The predicted molar refractivity (Wildman–Crippen MR) is 73.6 cm³/mol. The van der Waals surface area contributed by atoms with Gasteiger partial charge in [0, 0.05) is 39.0 Å². The number of carbonyl (C=O) groups is 3. The largest absolute Gasteiger partial charge is 0.444 e. The van der Waals surface area contributed by atoms with Crippen LogP contribution in [0.25, 0.3) is 0 Å². The number of hydrogen-bond acceptors (Lipinski definition) is 5. The lowest BCUT2D eigenvalue weighted by Gasteiger charge is -2.35. The van der Waals surface area contributed by atoms with Crippen molar-refractivity contribution < 1.29 is 24.3 Å². The molecule has 3 amide bonds. The fourth-order valence-corrected chi connectivity index (χ4v) is 1.90. The minimum Gasteiger partial charge on any atom is -0.444 e. The van der Waals surface area contributed by atoms with E-state index in [1.807, 2.05) is 0 Å². The molecule has 0 unspecified atom stereocenters. The van der Waals surface area contributed by atoms with Crippen LogP contribution in [0.2, 0.25) is 0 Å². The van der Waals surface area contributed by atoms with E-state index in [2.05, 4.69) is 0 Å². The van der Waals surface area contributed by atoms with E-state index < -0.39 is 11.5 Å². The highest BCUT2D eigenvalue weighted by Gasteiger charge is 2.27. The van der Waals surface area contributed by atoms with E-state index in [0.717, 1.165) is 0 Å². The van der Waals surface area contributed by atoms with Crippen LogP contribution >= 0.6 is 0 Å². The Balaban J connectivity index is 2.36. The standard InChI is InChI=1S/C13H23N3O5/c1-13(2,3)21-12(19)16-8-6-15(7-9-16)11(18)5-4-10(17)14-20/h20H,4-9H2,1-3H3,(H,14,17). The van der Waals surface area contributed by atoms with Crippen molar-refractivity contribution in [3.63, 3.8) is 0 Å². The van der Waals surface area contributed by atoms with Crippen molar-refractivity contribution in [1.82, 2.24) is 15.3 Å². The lowest BCUT2D eigenvalue weighted by molar-refractivity contribution is -0.137. The van der Waals surface area contributed by atoms with Gasteiger partial charge < -0.3 is 14.5 Å². The fraction of sp³-hybridized carbons (Fsp3) is 0.769. The Morgan fingerprint density at radius 2 is 1.57 bits per heavy atom. The fourth-order valence-electron chi connectivity index (χ4n) is 1.90. The molecule has 0 aromatic rings. The Morgan fingerprint density at radius 1 is 1.05 bits per heavy atom. The van der Waals surface area contributed by atoms with E-state index in [1.165, 1.54) is 5.48 Å². The van der Waals surface area contributed by atoms with E-state index in [0.29, 0.717) is 26.2 Å². The zero-order chi connectivity index (χ0) is 16.0. The smallest absolute Gasteiger partial charge is 0.410 e. The summed E-state index contributed by atoms with van der Waals surface area (Å²) < 4.78 is 5.27. The van der Waals surface area contributed by atoms with Gasteiger partial charge in [0.25, 0.3) is 0 Å². The summed E-state index contributed by atoms with van der Waals surface area (Å²) in [5.74, 6) is -0.752. The van der Waals surface area contributed by atoms with Crippen LogP contribution in [0.3, 0.4) is 0 Å². The van der Waals surface area contributed by atoms with Crippen molar-refractivity contribution in [1.29, 1.82) is 0 Å². The number of hydroxylamine groups is 1. The quantitative estimate of drug-likeness (QED) is 0.579. The van der Waals surface area contributed by atoms with Gasteiger partial charge in [-0.2, -0.15) is 0 Å². The highest BCUT2D eigenvalue weighted by molar-refractivity contribution is 5.83. The summed E-state index contributed by atoms with van der Waals surface area (Å²) in [6.07, 6.45) is -0.394. The van der Waals surface area contributed by atoms with Crippen LogP contribution in [-0.4, -0.2) is 64.7 Å². The number of carbonyl (C=O) groups excluding carboxylic acids is 3. The first-order valence-electron chi connectivity index (χ1n) is 6.91. The Morgan fingerprint density at radius 3 is 2.05 bits per heavy atom. The van der Waals surface area contributed by atoms with E-state index >= 15 is 0 Å². The SMILES string of the molecule is CC(C)(C)OC(=O)N1CCN(C(=O)CCC(=O)NO)CC1. The van der Waals surface area contributed by atoms with Crippen LogP contribution in [0, 0.1) is 0 Å². The summed E-state index contributed by atoms with van der Waals surface area (Å²) in [6.45, 7) is 7.06. The molecule has 0 saturated carbocycles. The lowest BCUT2D eigenvalue weighted by Crippen LogP contribution is -2.51. The van der Waals surface area contributed by atoms with Crippen molar-refractivity contribution in [3.8, 4) is 0 Å². The van der Waals surface area contributed by atoms with Gasteiger partial charge in [-0.15, -0.1) is 0 Å². The van der Waals surface area contributed by atoms with Crippen LogP contribution in [-0.2, 0) is 14.3 Å². The van der Waals surface area contributed by atoms with Crippen molar-refractivity contribution in [3.05, 3.63) is 0 Å². The van der Waals surface area contributed by atoms with E-state index in [4.69, 9.17) is 9.94 Å². The number of nitrogens with one attached hydrogen (secondary N) is 1. The molecule has 0 aromatic heterocycles. The molecule has 2 N–H and O–H groups in total. The molecular weight excluding hydrogens is 278 g/mol. The maximum absolute atomic E-state index is 11.9. The molecule has 0 spiro atoms. The molecule has 1 fully saturated rings. The molecule has 1 aliphatic rings. The summed E-state index contributed by atoms with van der Waals surface area (Å²) in [4.78, 5) is 37.8. The van der Waals surface area contributed by atoms with Gasteiger partial charge in [-0.3, -0.25) is 14.8 Å². The average Bonchev–Trinajstić information content (AvgIpc) is 2.42. The van der Waals surface area contributed by atoms with Gasteiger partial charge in [0.15, 0.2) is 0 Å². The number of ether oxygens (including phenoxy) is 1. The third kappa shape index (κ3) is 5.99. The minimum atomic E-state index is -0.587. The first-order chi connectivity index (χ1) is 9.73. The Bertz CT molecular complexity index is 397. The normalized spacial score (nSPS) is 15.6. The summed E-state index contributed by atoms with van der Waals surface area (Å²) in [5, 5.41) is 8.36. The van der Waals surface area contributed by atoms with Gasteiger partial charge in [-0.25, -0.2) is 10.3 Å².